The van der Waals surface area contributed by atoms with Gasteiger partial charge in [-0.05, 0) is 73.3 Å². The Kier molecular flexibility index (Phi) is 14.7. The molecule has 300 valence electrons. The van der Waals surface area contributed by atoms with Crippen LogP contribution in [0.3, 0.4) is 0 Å². The Morgan fingerprint density at radius 2 is 1.12 bits per heavy atom. The van der Waals surface area contributed by atoms with Crippen LogP contribution in [0.15, 0.2) is 60.7 Å². The highest BCUT2D eigenvalue weighted by atomic mass is 32.1. The van der Waals surface area contributed by atoms with E-state index < -0.39 is 8.07 Å². The number of hydrogen-bond acceptors (Lipinski definition) is 4. The van der Waals surface area contributed by atoms with Gasteiger partial charge < -0.3 is 9.80 Å². The third kappa shape index (κ3) is 9.88. The van der Waals surface area contributed by atoms with Gasteiger partial charge in [-0.3, -0.25) is 9.59 Å². The number of fused-ring (bicyclic) bond motifs is 2. The minimum absolute atomic E-state index is 0.00478. The van der Waals surface area contributed by atoms with Crippen LogP contribution in [0.4, 0.5) is 11.4 Å². The Hall–Kier alpha value is -3.26. The smallest absolute Gasteiger partial charge is 0.259 e. The molecule has 7 heteroatoms. The largest absolute Gasteiger partial charge is 0.308 e. The maximum absolute atomic E-state index is 15.1. The number of amides is 2. The quantitative estimate of drug-likeness (QED) is 0.0478. The van der Waals surface area contributed by atoms with E-state index in [0.29, 0.717) is 23.6 Å². The van der Waals surface area contributed by atoms with Crippen molar-refractivity contribution in [3.8, 4) is 20.2 Å². The summed E-state index contributed by atoms with van der Waals surface area (Å²) in [5.41, 5.74) is 7.11. The maximum atomic E-state index is 15.1. The van der Waals surface area contributed by atoms with Crippen molar-refractivity contribution in [2.24, 2.45) is 5.92 Å². The van der Waals surface area contributed by atoms with Gasteiger partial charge in [-0.25, -0.2) is 0 Å². The van der Waals surface area contributed by atoms with E-state index >= 15 is 4.79 Å². The standard InChI is InChI=1S/C49H66N2O2S2Si/c1-8-10-12-14-16-18-29-56(7,30-19-17-15-13-11-9-2)31-28-50-42-33-38(43-26-27-45(55-43)44-25-21-37(6)54-44)22-24-40(42)46(48(50)52)47-39-23-20-36(5)32-41(39)51(49(47)53)34-35(3)4/h20-27,32-33,35H,8-19,28-31,34H2,1-7H3/b47-46+. The zero-order valence-electron chi connectivity index (χ0n) is 35.4. The van der Waals surface area contributed by atoms with Crippen LogP contribution in [0.2, 0.25) is 24.7 Å². The number of carbonyl (C=O) groups is 2. The zero-order valence-corrected chi connectivity index (χ0v) is 38.0. The predicted octanol–water partition coefficient (Wildman–Crippen LogP) is 14.8. The molecule has 0 bridgehead atoms. The summed E-state index contributed by atoms with van der Waals surface area (Å²) in [5, 5.41) is 0. The van der Waals surface area contributed by atoms with Crippen LogP contribution < -0.4 is 9.80 Å². The van der Waals surface area contributed by atoms with E-state index in [9.17, 15) is 4.79 Å². The van der Waals surface area contributed by atoms with Crippen LogP contribution in [-0.2, 0) is 9.59 Å². The minimum Gasteiger partial charge on any atom is -0.308 e. The molecule has 4 heterocycles. The Morgan fingerprint density at radius 1 is 0.589 bits per heavy atom. The molecule has 0 saturated carbocycles. The summed E-state index contributed by atoms with van der Waals surface area (Å²) in [6, 6.07) is 25.5. The zero-order chi connectivity index (χ0) is 39.8. The fourth-order valence-corrected chi connectivity index (χ4v) is 14.5. The molecule has 2 amide bonds. The van der Waals surface area contributed by atoms with Crippen LogP contribution >= 0.6 is 22.7 Å². The molecule has 56 heavy (non-hydrogen) atoms. The lowest BCUT2D eigenvalue weighted by atomic mass is 9.95. The van der Waals surface area contributed by atoms with Crippen LogP contribution in [0.25, 0.3) is 31.3 Å². The van der Waals surface area contributed by atoms with E-state index in [1.54, 1.807) is 0 Å². The molecule has 2 aromatic heterocycles. The molecule has 0 radical (unpaired) electrons. The third-order valence-electron chi connectivity index (χ3n) is 12.1. The first-order valence-electron chi connectivity index (χ1n) is 21.8. The van der Waals surface area contributed by atoms with Gasteiger partial charge in [0.05, 0.1) is 30.6 Å². The van der Waals surface area contributed by atoms with Gasteiger partial charge in [0.25, 0.3) is 11.8 Å². The fraction of sp³-hybridized carbons (Fsp3) is 0.510. The highest BCUT2D eigenvalue weighted by Gasteiger charge is 2.43. The lowest BCUT2D eigenvalue weighted by Gasteiger charge is -2.30. The van der Waals surface area contributed by atoms with Gasteiger partial charge in [-0.2, -0.15) is 0 Å². The monoisotopic (exact) mass is 806 g/mol. The van der Waals surface area contributed by atoms with Crippen molar-refractivity contribution in [3.63, 3.8) is 0 Å². The van der Waals surface area contributed by atoms with Gasteiger partial charge in [-0.1, -0.05) is 148 Å². The average Bonchev–Trinajstić information content (AvgIpc) is 3.95. The number of unbranched alkanes of at least 4 members (excludes halogenated alkanes) is 10. The summed E-state index contributed by atoms with van der Waals surface area (Å²) in [7, 11) is -1.66. The van der Waals surface area contributed by atoms with Gasteiger partial charge >= 0.3 is 0 Å². The number of benzene rings is 2. The molecular formula is C49H66N2O2S2Si. The topological polar surface area (TPSA) is 40.6 Å². The van der Waals surface area contributed by atoms with Gasteiger partial charge in [-0.15, -0.1) is 22.7 Å². The first-order chi connectivity index (χ1) is 27.0. The van der Waals surface area contributed by atoms with Crippen LogP contribution in [0, 0.1) is 19.8 Å². The van der Waals surface area contributed by atoms with Gasteiger partial charge in [0.1, 0.15) is 0 Å². The van der Waals surface area contributed by atoms with Crippen LogP contribution in [0.1, 0.15) is 126 Å². The second-order valence-electron chi connectivity index (χ2n) is 17.4. The molecule has 0 fully saturated rings. The van der Waals surface area contributed by atoms with E-state index in [1.807, 2.05) is 27.6 Å². The van der Waals surface area contributed by atoms with E-state index in [1.165, 1.54) is 109 Å². The summed E-state index contributed by atoms with van der Waals surface area (Å²) < 4.78 is 0. The number of nitrogens with zero attached hydrogens (tertiary/aromatic N) is 2. The van der Waals surface area contributed by atoms with Gasteiger partial charge in [0.15, 0.2) is 0 Å². The van der Waals surface area contributed by atoms with Crippen LogP contribution in [-0.4, -0.2) is 33.0 Å². The number of rotatable bonds is 21. The molecule has 6 rings (SSSR count). The lowest BCUT2D eigenvalue weighted by Crippen LogP contribution is -2.37. The summed E-state index contributed by atoms with van der Waals surface area (Å²) in [6.45, 7) is 17.1. The predicted molar refractivity (Wildman–Crippen MR) is 248 cm³/mol. The Bertz CT molecular complexity index is 1990. The SMILES string of the molecule is CCCCCCCC[Si](C)(CCCCCCCC)CCN1C(=O)/C(=C2/C(=O)N(CC(C)C)c3cc(C)ccc32)c2ccc(-c3ccc(-c4ccc(C)s4)s3)cc21. The van der Waals surface area contributed by atoms with Gasteiger partial charge in [0, 0.05) is 43.7 Å². The van der Waals surface area contributed by atoms with Crippen molar-refractivity contribution in [1.29, 1.82) is 0 Å². The Balaban J connectivity index is 1.35. The number of hydrogen-bond donors (Lipinski definition) is 0. The second-order valence-corrected chi connectivity index (χ2v) is 24.9. The summed E-state index contributed by atoms with van der Waals surface area (Å²) in [4.78, 5) is 38.7. The summed E-state index contributed by atoms with van der Waals surface area (Å²) in [6.07, 6.45) is 15.9. The molecular weight excluding hydrogens is 741 g/mol. The molecule has 0 atom stereocenters. The van der Waals surface area contributed by atoms with E-state index in [0.717, 1.165) is 46.2 Å². The first-order valence-corrected chi connectivity index (χ1v) is 26.6. The molecule has 2 aliphatic rings. The molecule has 0 N–H and O–H groups in total. The van der Waals surface area contributed by atoms with Crippen molar-refractivity contribution in [3.05, 3.63) is 82.2 Å². The van der Waals surface area contributed by atoms with E-state index in [4.69, 9.17) is 0 Å². The maximum Gasteiger partial charge on any atom is 0.259 e. The third-order valence-corrected chi connectivity index (χ3v) is 19.0. The van der Waals surface area contributed by atoms with Crippen molar-refractivity contribution < 1.29 is 9.59 Å². The molecule has 4 aromatic rings. The number of aryl methyl sites for hydroxylation is 2. The van der Waals surface area contributed by atoms with Crippen molar-refractivity contribution in [1.82, 2.24) is 0 Å². The number of carbonyl (C=O) groups excluding carboxylic acids is 2. The molecule has 2 aromatic carbocycles. The highest BCUT2D eigenvalue weighted by Crippen LogP contribution is 2.49. The summed E-state index contributed by atoms with van der Waals surface area (Å²) >= 11 is 3.65. The molecule has 0 unspecified atom stereocenters. The number of thiophene rings is 2. The lowest BCUT2D eigenvalue weighted by molar-refractivity contribution is -0.114. The normalized spacial score (nSPS) is 15.5. The van der Waals surface area contributed by atoms with E-state index in [-0.39, 0.29) is 11.8 Å². The molecule has 2 aliphatic heterocycles. The molecule has 0 spiro atoms. The molecule has 0 saturated heterocycles. The van der Waals surface area contributed by atoms with Gasteiger partial charge in [0.2, 0.25) is 0 Å². The second kappa shape index (κ2) is 19.5. The molecule has 0 aliphatic carbocycles. The summed E-state index contributed by atoms with van der Waals surface area (Å²) in [5.74, 6) is 0.255. The van der Waals surface area contributed by atoms with Crippen molar-refractivity contribution in [2.45, 2.75) is 143 Å². The highest BCUT2D eigenvalue weighted by molar-refractivity contribution is 7.23. The molecule has 4 nitrogen and oxygen atoms in total. The minimum atomic E-state index is -1.66. The Labute approximate surface area is 347 Å². The first kappa shape index (κ1) is 42.3. The van der Waals surface area contributed by atoms with Crippen LogP contribution in [0.5, 0.6) is 0 Å². The number of anilines is 2. The average molecular weight is 807 g/mol. The van der Waals surface area contributed by atoms with Crippen molar-refractivity contribution >= 4 is 65.1 Å². The fourth-order valence-electron chi connectivity index (χ4n) is 8.78. The van der Waals surface area contributed by atoms with Crippen molar-refractivity contribution in [2.75, 3.05) is 22.9 Å². The Morgan fingerprint density at radius 3 is 1.73 bits per heavy atom. The van der Waals surface area contributed by atoms with E-state index in [2.05, 4.69) is 114 Å².